The lowest BCUT2D eigenvalue weighted by atomic mass is 10.1. The van der Waals surface area contributed by atoms with Crippen molar-refractivity contribution in [2.24, 2.45) is 5.10 Å². The Kier molecular flexibility index (Phi) is 4.62. The van der Waals surface area contributed by atoms with Crippen LogP contribution < -0.4 is 10.7 Å². The van der Waals surface area contributed by atoms with E-state index in [1.54, 1.807) is 6.92 Å². The summed E-state index contributed by atoms with van der Waals surface area (Å²) in [5, 5.41) is 6.16. The van der Waals surface area contributed by atoms with Crippen LogP contribution in [0.15, 0.2) is 5.10 Å². The minimum atomic E-state index is -0.309. The number of nitrogens with one attached hydrogen (secondary N) is 2. The van der Waals surface area contributed by atoms with E-state index in [-0.39, 0.29) is 36.4 Å². The molecule has 0 radical (unpaired) electrons. The maximum atomic E-state index is 12.0. The van der Waals surface area contributed by atoms with E-state index in [4.69, 9.17) is 0 Å². The van der Waals surface area contributed by atoms with Crippen molar-refractivity contribution in [2.45, 2.75) is 19.8 Å². The minimum absolute atomic E-state index is 0.00119. The second-order valence-corrected chi connectivity index (χ2v) is 3.59. The molecule has 1 aliphatic heterocycles. The summed E-state index contributed by atoms with van der Waals surface area (Å²) in [5.74, 6) is -0.743. The highest BCUT2D eigenvalue weighted by Crippen LogP contribution is 2.03. The molecule has 0 aromatic rings. The average Bonchev–Trinajstić information content (AvgIpc) is 2.35. The van der Waals surface area contributed by atoms with Gasteiger partial charge in [0.05, 0.1) is 6.54 Å². The Morgan fingerprint density at radius 1 is 1.47 bits per heavy atom. The highest BCUT2D eigenvalue weighted by Gasteiger charge is 2.23. The van der Waals surface area contributed by atoms with Crippen LogP contribution in [-0.2, 0) is 14.4 Å². The van der Waals surface area contributed by atoms with Gasteiger partial charge in [-0.05, 0) is 6.92 Å². The first kappa shape index (κ1) is 13.1. The van der Waals surface area contributed by atoms with Gasteiger partial charge in [0.15, 0.2) is 0 Å². The molecular weight excluding hydrogens is 224 g/mol. The summed E-state index contributed by atoms with van der Waals surface area (Å²) in [4.78, 5) is 35.4. The Bertz CT molecular complexity index is 365. The van der Waals surface area contributed by atoms with E-state index in [9.17, 15) is 14.4 Å². The molecule has 3 amide bonds. The summed E-state index contributed by atoms with van der Waals surface area (Å²) in [5.41, 5.74) is 2.55. The Morgan fingerprint density at radius 2 is 2.18 bits per heavy atom. The summed E-state index contributed by atoms with van der Waals surface area (Å²) in [6, 6.07) is 0. The molecule has 2 N–H and O–H groups in total. The molecule has 0 aromatic heterocycles. The zero-order valence-electron chi connectivity index (χ0n) is 9.95. The van der Waals surface area contributed by atoms with Gasteiger partial charge in [-0.2, -0.15) is 5.10 Å². The van der Waals surface area contributed by atoms with Crippen LogP contribution in [0.3, 0.4) is 0 Å². The molecule has 0 atom stereocenters. The molecule has 1 aliphatic rings. The van der Waals surface area contributed by atoms with Crippen molar-refractivity contribution in [2.75, 3.05) is 20.1 Å². The third kappa shape index (κ3) is 3.54. The highest BCUT2D eigenvalue weighted by molar-refractivity contribution is 6.39. The van der Waals surface area contributed by atoms with Gasteiger partial charge in [0.25, 0.3) is 5.91 Å². The lowest BCUT2D eigenvalue weighted by Gasteiger charge is -2.21. The highest BCUT2D eigenvalue weighted by atomic mass is 16.2. The van der Waals surface area contributed by atoms with E-state index in [1.165, 1.54) is 11.9 Å². The number of nitrogens with zero attached hydrogens (tertiary/aromatic N) is 2. The van der Waals surface area contributed by atoms with Crippen LogP contribution in [-0.4, -0.2) is 48.5 Å². The Hall–Kier alpha value is -1.92. The molecule has 1 heterocycles. The van der Waals surface area contributed by atoms with Crippen molar-refractivity contribution in [1.82, 2.24) is 15.6 Å². The molecule has 0 bridgehead atoms. The topological polar surface area (TPSA) is 90.9 Å². The summed E-state index contributed by atoms with van der Waals surface area (Å²) >= 11 is 0. The fourth-order valence-corrected chi connectivity index (χ4v) is 1.39. The predicted octanol–water partition coefficient (Wildman–Crippen LogP) is -1.15. The van der Waals surface area contributed by atoms with Crippen molar-refractivity contribution in [1.29, 1.82) is 0 Å². The van der Waals surface area contributed by atoms with Gasteiger partial charge in [0, 0.05) is 26.4 Å². The molecule has 0 saturated carbocycles. The van der Waals surface area contributed by atoms with Gasteiger partial charge in [0.2, 0.25) is 11.8 Å². The van der Waals surface area contributed by atoms with Crippen molar-refractivity contribution >= 4 is 23.4 Å². The largest absolute Gasteiger partial charge is 0.358 e. The Morgan fingerprint density at radius 3 is 2.65 bits per heavy atom. The number of hydrazone groups is 1. The maximum absolute atomic E-state index is 12.0. The summed E-state index contributed by atoms with van der Waals surface area (Å²) < 4.78 is 0. The number of likely N-dealkylation sites (N-methyl/N-ethyl adjacent to an activating group) is 2. The molecule has 0 unspecified atom stereocenters. The average molecular weight is 240 g/mol. The second-order valence-electron chi connectivity index (χ2n) is 3.59. The normalized spacial score (nSPS) is 14.7. The number of hydrogen-bond donors (Lipinski definition) is 2. The van der Waals surface area contributed by atoms with Crippen molar-refractivity contribution in [3.05, 3.63) is 0 Å². The summed E-state index contributed by atoms with van der Waals surface area (Å²) in [7, 11) is 1.51. The molecular formula is C10H16N4O3. The summed E-state index contributed by atoms with van der Waals surface area (Å²) in [6.07, 6.45) is 0.566. The van der Waals surface area contributed by atoms with Gasteiger partial charge in [-0.15, -0.1) is 0 Å². The smallest absolute Gasteiger partial charge is 0.270 e. The first-order valence-corrected chi connectivity index (χ1v) is 5.43. The van der Waals surface area contributed by atoms with Gasteiger partial charge in [-0.25, -0.2) is 5.43 Å². The summed E-state index contributed by atoms with van der Waals surface area (Å²) in [6.45, 7) is 2.20. The lowest BCUT2D eigenvalue weighted by Crippen LogP contribution is -2.44. The van der Waals surface area contributed by atoms with Crippen LogP contribution in [0, 0.1) is 0 Å². The molecule has 17 heavy (non-hydrogen) atoms. The second kappa shape index (κ2) is 5.97. The van der Waals surface area contributed by atoms with E-state index in [0.29, 0.717) is 13.0 Å². The van der Waals surface area contributed by atoms with E-state index in [2.05, 4.69) is 15.8 Å². The zero-order valence-corrected chi connectivity index (χ0v) is 9.95. The molecule has 0 fully saturated rings. The molecule has 7 heteroatoms. The molecule has 94 valence electrons. The van der Waals surface area contributed by atoms with Gasteiger partial charge in [0.1, 0.15) is 5.71 Å². The molecule has 0 aliphatic carbocycles. The molecule has 0 aromatic carbocycles. The number of carbonyl (C=O) groups excluding carboxylic acids is 3. The van der Waals surface area contributed by atoms with Crippen molar-refractivity contribution < 1.29 is 14.4 Å². The molecule has 0 spiro atoms. The standard InChI is InChI=1S/C10H16N4O3/c1-3-14(6-9(16)11-2)10(17)7-4-5-8(15)13-12-7/h3-6H2,1-2H3,(H,11,16)(H,13,15). The van der Waals surface area contributed by atoms with E-state index >= 15 is 0 Å². The van der Waals surface area contributed by atoms with E-state index < -0.39 is 0 Å². The minimum Gasteiger partial charge on any atom is -0.358 e. The van der Waals surface area contributed by atoms with Crippen LogP contribution in [0.2, 0.25) is 0 Å². The third-order valence-electron chi connectivity index (χ3n) is 2.43. The van der Waals surface area contributed by atoms with Gasteiger partial charge in [-0.3, -0.25) is 14.4 Å². The van der Waals surface area contributed by atoms with Crippen LogP contribution in [0.5, 0.6) is 0 Å². The first-order valence-electron chi connectivity index (χ1n) is 5.43. The fourth-order valence-electron chi connectivity index (χ4n) is 1.39. The van der Waals surface area contributed by atoms with Crippen LogP contribution >= 0.6 is 0 Å². The van der Waals surface area contributed by atoms with Crippen molar-refractivity contribution in [3.8, 4) is 0 Å². The molecule has 0 saturated heterocycles. The molecule has 7 nitrogen and oxygen atoms in total. The first-order chi connectivity index (χ1) is 8.08. The van der Waals surface area contributed by atoms with Crippen molar-refractivity contribution in [3.63, 3.8) is 0 Å². The quantitative estimate of drug-likeness (QED) is 0.650. The van der Waals surface area contributed by atoms with Crippen LogP contribution in [0.4, 0.5) is 0 Å². The Labute approximate surface area is 99.2 Å². The lowest BCUT2D eigenvalue weighted by molar-refractivity contribution is -0.131. The Balaban J connectivity index is 2.66. The number of carbonyl (C=O) groups is 3. The number of amides is 3. The monoisotopic (exact) mass is 240 g/mol. The maximum Gasteiger partial charge on any atom is 0.270 e. The van der Waals surface area contributed by atoms with Crippen LogP contribution in [0.25, 0.3) is 0 Å². The van der Waals surface area contributed by atoms with E-state index in [1.807, 2.05) is 0 Å². The predicted molar refractivity (Wildman–Crippen MR) is 61.1 cm³/mol. The molecule has 1 rings (SSSR count). The zero-order chi connectivity index (χ0) is 12.8. The van der Waals surface area contributed by atoms with Crippen LogP contribution in [0.1, 0.15) is 19.8 Å². The van der Waals surface area contributed by atoms with Gasteiger partial charge >= 0.3 is 0 Å². The van der Waals surface area contributed by atoms with E-state index in [0.717, 1.165) is 0 Å². The fraction of sp³-hybridized carbons (Fsp3) is 0.600. The van der Waals surface area contributed by atoms with Gasteiger partial charge < -0.3 is 10.2 Å². The van der Waals surface area contributed by atoms with Gasteiger partial charge in [-0.1, -0.05) is 0 Å². The number of hydrogen-bond acceptors (Lipinski definition) is 4. The number of rotatable bonds is 4. The SMILES string of the molecule is CCN(CC(=O)NC)C(=O)C1=NNC(=O)CC1. The third-order valence-corrected chi connectivity index (χ3v) is 2.43.